The van der Waals surface area contributed by atoms with Gasteiger partial charge in [-0.05, 0) is 17.5 Å². The molecular weight excluding hydrogens is 451 g/mol. The van der Waals surface area contributed by atoms with Gasteiger partial charge in [0.15, 0.2) is 5.96 Å². The van der Waals surface area contributed by atoms with Gasteiger partial charge in [0, 0.05) is 30.2 Å². The highest BCUT2D eigenvalue weighted by atomic mass is 127. The Labute approximate surface area is 167 Å². The summed E-state index contributed by atoms with van der Waals surface area (Å²) in [7, 11) is 3.53. The number of aliphatic hydroxyl groups excluding tert-OH is 1. The van der Waals surface area contributed by atoms with Crippen molar-refractivity contribution < 1.29 is 5.11 Å². The van der Waals surface area contributed by atoms with Gasteiger partial charge in [0.1, 0.15) is 18.3 Å². The summed E-state index contributed by atoms with van der Waals surface area (Å²) in [4.78, 5) is 9.24. The summed E-state index contributed by atoms with van der Waals surface area (Å²) < 4.78 is 2.88. The quantitative estimate of drug-likeness (QED) is 0.301. The number of aryl methyl sites for hydroxylation is 1. The first-order chi connectivity index (χ1) is 11.7. The van der Waals surface area contributed by atoms with Gasteiger partial charge in [0.25, 0.3) is 0 Å². The van der Waals surface area contributed by atoms with E-state index in [1.54, 1.807) is 23.1 Å². The van der Waals surface area contributed by atoms with Gasteiger partial charge in [-0.15, -0.1) is 35.3 Å². The number of thiophene rings is 1. The van der Waals surface area contributed by atoms with E-state index >= 15 is 0 Å². The van der Waals surface area contributed by atoms with Crippen LogP contribution in [0.4, 0.5) is 0 Å². The first-order valence-corrected chi connectivity index (χ1v) is 8.43. The number of hydrogen-bond acceptors (Lipinski definition) is 5. The average Bonchev–Trinajstić information content (AvgIpc) is 3.20. The molecule has 9 heteroatoms. The summed E-state index contributed by atoms with van der Waals surface area (Å²) in [5.41, 5.74) is 0. The predicted octanol–water partition coefficient (Wildman–Crippen LogP) is 2.05. The van der Waals surface area contributed by atoms with E-state index < -0.39 is 6.10 Å². The van der Waals surface area contributed by atoms with E-state index in [-0.39, 0.29) is 24.0 Å². The van der Waals surface area contributed by atoms with E-state index in [9.17, 15) is 5.11 Å². The topological polar surface area (TPSA) is 87.4 Å². The molecule has 1 unspecified atom stereocenters. The molecule has 0 aliphatic heterocycles. The molecule has 0 aliphatic carbocycles. The second-order valence-electron chi connectivity index (χ2n) is 5.31. The predicted molar refractivity (Wildman–Crippen MR) is 111 cm³/mol. The highest BCUT2D eigenvalue weighted by Gasteiger charge is 2.12. The van der Waals surface area contributed by atoms with E-state index in [4.69, 9.17) is 0 Å². The maximum atomic E-state index is 10.4. The third-order valence-corrected chi connectivity index (χ3v) is 4.90. The second-order valence-corrected chi connectivity index (χ2v) is 6.42. The summed E-state index contributed by atoms with van der Waals surface area (Å²) >= 11 is 1.61. The molecule has 0 bridgehead atoms. The molecule has 7 nitrogen and oxygen atoms in total. The lowest BCUT2D eigenvalue weighted by molar-refractivity contribution is 0.184. The zero-order valence-electron chi connectivity index (χ0n) is 14.0. The Kier molecular flexibility index (Phi) is 7.14. The van der Waals surface area contributed by atoms with Gasteiger partial charge in [-0.3, -0.25) is 9.67 Å². The van der Waals surface area contributed by atoms with Crippen LogP contribution < -0.4 is 10.6 Å². The lowest BCUT2D eigenvalue weighted by Gasteiger charge is -2.14. The fraction of sp³-hybridized carbons (Fsp3) is 0.312. The number of rotatable bonds is 5. The number of aromatic nitrogens is 3. The van der Waals surface area contributed by atoms with E-state index in [0.29, 0.717) is 19.0 Å². The smallest absolute Gasteiger partial charge is 0.191 e. The lowest BCUT2D eigenvalue weighted by atomic mass is 10.2. The number of fused-ring (bicyclic) bond motifs is 1. The van der Waals surface area contributed by atoms with Crippen molar-refractivity contribution in [3.05, 3.63) is 47.4 Å². The van der Waals surface area contributed by atoms with E-state index in [0.717, 1.165) is 16.1 Å². The van der Waals surface area contributed by atoms with Crippen molar-refractivity contribution in [2.75, 3.05) is 13.6 Å². The van der Waals surface area contributed by atoms with E-state index in [1.807, 2.05) is 25.2 Å². The van der Waals surface area contributed by atoms with Gasteiger partial charge < -0.3 is 15.7 Å². The Morgan fingerprint density at radius 3 is 2.84 bits per heavy atom. The van der Waals surface area contributed by atoms with Crippen molar-refractivity contribution in [1.29, 1.82) is 0 Å². The highest BCUT2D eigenvalue weighted by molar-refractivity contribution is 14.0. The second kappa shape index (κ2) is 9.11. The molecule has 1 atom stereocenters. The fourth-order valence-corrected chi connectivity index (χ4v) is 3.37. The molecule has 0 radical (unpaired) electrons. The summed E-state index contributed by atoms with van der Waals surface area (Å²) in [6.45, 7) is 0.889. The maximum Gasteiger partial charge on any atom is 0.191 e. The molecular formula is C16H21IN6OS. The Balaban J connectivity index is 0.00000225. The van der Waals surface area contributed by atoms with Crippen LogP contribution in [0.5, 0.6) is 0 Å². The van der Waals surface area contributed by atoms with E-state index in [1.165, 1.54) is 11.0 Å². The minimum atomic E-state index is -0.587. The Morgan fingerprint density at radius 2 is 2.16 bits per heavy atom. The molecule has 25 heavy (non-hydrogen) atoms. The van der Waals surface area contributed by atoms with Gasteiger partial charge in [0.2, 0.25) is 0 Å². The molecule has 1 aromatic carbocycles. The minimum Gasteiger partial charge on any atom is -0.386 e. The first kappa shape index (κ1) is 19.6. The molecule has 3 rings (SSSR count). The van der Waals surface area contributed by atoms with Crippen LogP contribution >= 0.6 is 35.3 Å². The number of aliphatic hydroxyl groups is 1. The third-order valence-electron chi connectivity index (χ3n) is 3.68. The van der Waals surface area contributed by atoms with Gasteiger partial charge in [-0.25, -0.2) is 4.98 Å². The Hall–Kier alpha value is -1.72. The molecule has 0 aliphatic rings. The summed E-state index contributed by atoms with van der Waals surface area (Å²) in [5, 5.41) is 21.9. The van der Waals surface area contributed by atoms with Crippen molar-refractivity contribution in [1.82, 2.24) is 25.4 Å². The van der Waals surface area contributed by atoms with Crippen LogP contribution in [0.2, 0.25) is 0 Å². The number of aliphatic imine (C=N–C) groups is 1. The first-order valence-electron chi connectivity index (χ1n) is 7.61. The van der Waals surface area contributed by atoms with Gasteiger partial charge >= 0.3 is 0 Å². The van der Waals surface area contributed by atoms with Gasteiger partial charge in [0.05, 0.1) is 6.54 Å². The molecule has 3 aromatic rings. The van der Waals surface area contributed by atoms with Gasteiger partial charge in [-0.1, -0.05) is 18.2 Å². The number of hydrogen-bond donors (Lipinski definition) is 3. The Morgan fingerprint density at radius 1 is 1.36 bits per heavy atom. The molecule has 134 valence electrons. The van der Waals surface area contributed by atoms with Crippen molar-refractivity contribution in [3.63, 3.8) is 0 Å². The molecule has 0 fully saturated rings. The maximum absolute atomic E-state index is 10.4. The average molecular weight is 472 g/mol. The molecule has 0 amide bonds. The number of nitrogens with one attached hydrogen (secondary N) is 2. The van der Waals surface area contributed by atoms with Crippen LogP contribution in [-0.4, -0.2) is 39.4 Å². The van der Waals surface area contributed by atoms with Crippen LogP contribution in [0, 0.1) is 0 Å². The summed E-state index contributed by atoms with van der Waals surface area (Å²) in [6, 6.07) is 10.1. The van der Waals surface area contributed by atoms with Crippen molar-refractivity contribution in [2.45, 2.75) is 12.6 Å². The minimum absolute atomic E-state index is 0. The van der Waals surface area contributed by atoms with Crippen LogP contribution in [-0.2, 0) is 13.6 Å². The van der Waals surface area contributed by atoms with Crippen LogP contribution in [0.25, 0.3) is 10.1 Å². The number of benzene rings is 1. The molecule has 2 heterocycles. The molecule has 0 spiro atoms. The standard InChI is InChI=1S/C16H20N6OS.HI/c1-17-16(19-9-15-20-10-21-22(15)2)18-8-12(23)14-7-11-5-3-4-6-13(11)24-14;/h3-7,10,12,23H,8-9H2,1-2H3,(H2,17,18,19);1H. The van der Waals surface area contributed by atoms with Gasteiger partial charge in [-0.2, -0.15) is 5.10 Å². The number of nitrogens with zero attached hydrogens (tertiary/aromatic N) is 4. The Bertz CT molecular complexity index is 813. The van der Waals surface area contributed by atoms with Crippen molar-refractivity contribution in [2.24, 2.45) is 12.0 Å². The van der Waals surface area contributed by atoms with Crippen molar-refractivity contribution in [3.8, 4) is 0 Å². The molecule has 3 N–H and O–H groups in total. The van der Waals surface area contributed by atoms with Crippen LogP contribution in [0.1, 0.15) is 16.8 Å². The number of guanidine groups is 1. The zero-order valence-corrected chi connectivity index (χ0v) is 17.2. The highest BCUT2D eigenvalue weighted by Crippen LogP contribution is 2.29. The number of halogens is 1. The molecule has 2 aromatic heterocycles. The zero-order chi connectivity index (χ0) is 16.9. The summed E-state index contributed by atoms with van der Waals surface area (Å²) in [5.74, 6) is 1.42. The van der Waals surface area contributed by atoms with Crippen LogP contribution in [0.15, 0.2) is 41.7 Å². The van der Waals surface area contributed by atoms with Crippen LogP contribution in [0.3, 0.4) is 0 Å². The molecule has 0 saturated heterocycles. The lowest BCUT2D eigenvalue weighted by Crippen LogP contribution is -2.39. The third kappa shape index (κ3) is 4.89. The normalized spacial score (nSPS) is 12.7. The SMILES string of the molecule is CN=C(NCc1ncnn1C)NCC(O)c1cc2ccccc2s1.I. The fourth-order valence-electron chi connectivity index (χ4n) is 2.32. The van der Waals surface area contributed by atoms with E-state index in [2.05, 4.69) is 37.8 Å². The van der Waals surface area contributed by atoms with Crippen molar-refractivity contribution >= 4 is 51.4 Å². The molecule has 0 saturated carbocycles. The monoisotopic (exact) mass is 472 g/mol. The summed E-state index contributed by atoms with van der Waals surface area (Å²) in [6.07, 6.45) is 0.925. The largest absolute Gasteiger partial charge is 0.386 e.